The first-order valence-corrected chi connectivity index (χ1v) is 6.02. The monoisotopic (exact) mass is 243 g/mol. The summed E-state index contributed by atoms with van der Waals surface area (Å²) in [4.78, 5) is 13.3. The Morgan fingerprint density at radius 1 is 1.28 bits per heavy atom. The topological polar surface area (TPSA) is 46.9 Å². The Bertz CT molecular complexity index is 531. The molecule has 0 aliphatic carbocycles. The number of carbonyl (C=O) groups is 1. The van der Waals surface area contributed by atoms with Crippen molar-refractivity contribution in [3.63, 3.8) is 0 Å². The molecule has 0 spiro atoms. The highest BCUT2D eigenvalue weighted by Crippen LogP contribution is 2.03. The van der Waals surface area contributed by atoms with Crippen molar-refractivity contribution in [1.82, 2.24) is 9.89 Å². The van der Waals surface area contributed by atoms with Gasteiger partial charge in [0.15, 0.2) is 0 Å². The fraction of sp³-hybridized carbons (Fsp3) is 0.286. The average Bonchev–Trinajstić information content (AvgIpc) is 2.67. The molecule has 0 bridgehead atoms. The van der Waals surface area contributed by atoms with Crippen LogP contribution < -0.4 is 5.43 Å². The van der Waals surface area contributed by atoms with Crippen molar-refractivity contribution in [1.29, 1.82) is 0 Å². The lowest BCUT2D eigenvalue weighted by molar-refractivity contribution is -0.117. The molecule has 0 aliphatic rings. The number of benzene rings is 1. The molecule has 1 N–H and O–H groups in total. The Morgan fingerprint density at radius 2 is 2.00 bits per heavy atom. The molecule has 1 aromatic carbocycles. The molecule has 4 nitrogen and oxygen atoms in total. The third-order valence-corrected chi connectivity index (χ3v) is 2.72. The molecule has 94 valence electrons. The van der Waals surface area contributed by atoms with E-state index in [4.69, 9.17) is 0 Å². The molecule has 4 heteroatoms. The van der Waals surface area contributed by atoms with Crippen molar-refractivity contribution in [2.24, 2.45) is 0 Å². The van der Waals surface area contributed by atoms with Crippen molar-refractivity contribution in [3.8, 4) is 0 Å². The van der Waals surface area contributed by atoms with Crippen molar-refractivity contribution in [3.05, 3.63) is 53.3 Å². The van der Waals surface area contributed by atoms with Crippen LogP contribution in [0.3, 0.4) is 0 Å². The van der Waals surface area contributed by atoms with Gasteiger partial charge in [0.05, 0.1) is 11.4 Å². The van der Waals surface area contributed by atoms with E-state index in [9.17, 15) is 4.79 Å². The highest BCUT2D eigenvalue weighted by atomic mass is 16.2. The van der Waals surface area contributed by atoms with Crippen molar-refractivity contribution in [2.45, 2.75) is 26.7 Å². The summed E-state index contributed by atoms with van der Waals surface area (Å²) in [6.07, 6.45) is 1.20. The van der Waals surface area contributed by atoms with E-state index in [1.807, 2.05) is 50.2 Å². The lowest BCUT2D eigenvalue weighted by Gasteiger charge is -2.06. The Kier molecular flexibility index (Phi) is 3.77. The van der Waals surface area contributed by atoms with Gasteiger partial charge in [-0.3, -0.25) is 4.79 Å². The summed E-state index contributed by atoms with van der Waals surface area (Å²) in [6, 6.07) is 11.9. The first-order valence-electron chi connectivity index (χ1n) is 6.02. The maximum absolute atomic E-state index is 11.8. The summed E-state index contributed by atoms with van der Waals surface area (Å²) >= 11 is 0. The molecule has 0 fully saturated rings. The van der Waals surface area contributed by atoms with Crippen LogP contribution in [-0.2, 0) is 11.2 Å². The van der Waals surface area contributed by atoms with Crippen LogP contribution in [0.2, 0.25) is 0 Å². The molecule has 1 heterocycles. The van der Waals surface area contributed by atoms with Crippen LogP contribution in [0.1, 0.15) is 23.4 Å². The highest BCUT2D eigenvalue weighted by molar-refractivity contribution is 5.83. The van der Waals surface area contributed by atoms with Gasteiger partial charge in [0.25, 0.3) is 0 Å². The summed E-state index contributed by atoms with van der Waals surface area (Å²) in [6.45, 7) is 3.82. The number of aryl methyl sites for hydroxylation is 3. The lowest BCUT2D eigenvalue weighted by atomic mass is 10.1. The quantitative estimate of drug-likeness (QED) is 0.894. The molecule has 0 saturated heterocycles. The van der Waals surface area contributed by atoms with E-state index in [1.165, 1.54) is 10.4 Å². The molecule has 0 unspecified atom stereocenters. The zero-order valence-corrected chi connectivity index (χ0v) is 10.7. The van der Waals surface area contributed by atoms with Gasteiger partial charge in [-0.15, -0.1) is 0 Å². The number of hydrogen-bond donors (Lipinski definition) is 1. The van der Waals surface area contributed by atoms with Gasteiger partial charge in [-0.2, -0.15) is 9.89 Å². The normalized spacial score (nSPS) is 10.3. The van der Waals surface area contributed by atoms with Gasteiger partial charge in [0, 0.05) is 6.42 Å². The number of nitrogens with zero attached hydrogens (tertiary/aromatic N) is 2. The largest absolute Gasteiger partial charge is 0.273 e. The van der Waals surface area contributed by atoms with Crippen molar-refractivity contribution >= 4 is 5.91 Å². The van der Waals surface area contributed by atoms with E-state index in [-0.39, 0.29) is 5.91 Å². The molecule has 2 aromatic rings. The number of carbonyl (C=O) groups excluding carboxylic acids is 1. The summed E-state index contributed by atoms with van der Waals surface area (Å²) in [5.41, 5.74) is 5.77. The second-order valence-electron chi connectivity index (χ2n) is 4.36. The van der Waals surface area contributed by atoms with E-state index < -0.39 is 0 Å². The van der Waals surface area contributed by atoms with Gasteiger partial charge in [-0.25, -0.2) is 5.43 Å². The Balaban J connectivity index is 1.88. The summed E-state index contributed by atoms with van der Waals surface area (Å²) in [5.74, 6) is -0.0231. The van der Waals surface area contributed by atoms with Crippen LogP contribution in [-0.4, -0.2) is 15.8 Å². The Labute approximate surface area is 107 Å². The SMILES string of the molecule is Cc1cc(C)n(NC(=O)CCc2ccccc2)n1. The number of amides is 1. The Morgan fingerprint density at radius 3 is 2.61 bits per heavy atom. The fourth-order valence-electron chi connectivity index (χ4n) is 1.82. The predicted molar refractivity (Wildman–Crippen MR) is 70.8 cm³/mol. The summed E-state index contributed by atoms with van der Waals surface area (Å²) in [7, 11) is 0. The average molecular weight is 243 g/mol. The summed E-state index contributed by atoms with van der Waals surface area (Å²) in [5, 5.41) is 4.19. The van der Waals surface area contributed by atoms with Crippen molar-refractivity contribution in [2.75, 3.05) is 5.43 Å². The van der Waals surface area contributed by atoms with Crippen LogP contribution in [0, 0.1) is 13.8 Å². The standard InChI is InChI=1S/C14H17N3O/c1-11-10-12(2)17(15-11)16-14(18)9-8-13-6-4-3-5-7-13/h3-7,10H,8-9H2,1-2H3,(H,16,18). The number of aromatic nitrogens is 2. The molecule has 0 aliphatic heterocycles. The van der Waals surface area contributed by atoms with Gasteiger partial charge in [-0.05, 0) is 31.9 Å². The van der Waals surface area contributed by atoms with Crippen LogP contribution in [0.4, 0.5) is 0 Å². The second kappa shape index (κ2) is 5.49. The van der Waals surface area contributed by atoms with Crippen LogP contribution in [0.25, 0.3) is 0 Å². The molecular formula is C14H17N3O. The smallest absolute Gasteiger partial charge is 0.240 e. The van der Waals surface area contributed by atoms with Crippen LogP contribution in [0.5, 0.6) is 0 Å². The zero-order valence-electron chi connectivity index (χ0n) is 10.7. The molecule has 1 amide bonds. The minimum Gasteiger partial charge on any atom is -0.273 e. The molecule has 18 heavy (non-hydrogen) atoms. The van der Waals surface area contributed by atoms with Gasteiger partial charge < -0.3 is 0 Å². The summed E-state index contributed by atoms with van der Waals surface area (Å²) < 4.78 is 0. The van der Waals surface area contributed by atoms with E-state index in [0.717, 1.165) is 17.8 Å². The van der Waals surface area contributed by atoms with Gasteiger partial charge >= 0.3 is 0 Å². The second-order valence-corrected chi connectivity index (χ2v) is 4.36. The van der Waals surface area contributed by atoms with E-state index in [2.05, 4.69) is 10.5 Å². The van der Waals surface area contributed by atoms with E-state index in [1.54, 1.807) is 0 Å². The molecule has 0 saturated carbocycles. The molecule has 0 radical (unpaired) electrons. The zero-order chi connectivity index (χ0) is 13.0. The predicted octanol–water partition coefficient (Wildman–Crippen LogP) is 2.20. The van der Waals surface area contributed by atoms with Crippen molar-refractivity contribution < 1.29 is 4.79 Å². The lowest BCUT2D eigenvalue weighted by Crippen LogP contribution is -2.25. The molecule has 2 rings (SSSR count). The Hall–Kier alpha value is -2.10. The van der Waals surface area contributed by atoms with Crippen LogP contribution >= 0.6 is 0 Å². The van der Waals surface area contributed by atoms with Crippen LogP contribution in [0.15, 0.2) is 36.4 Å². The maximum Gasteiger partial charge on any atom is 0.240 e. The van der Waals surface area contributed by atoms with Gasteiger partial charge in [-0.1, -0.05) is 30.3 Å². The first-order chi connectivity index (χ1) is 8.65. The molecular weight excluding hydrogens is 226 g/mol. The number of hydrogen-bond acceptors (Lipinski definition) is 2. The van der Waals surface area contributed by atoms with E-state index in [0.29, 0.717) is 6.42 Å². The number of nitrogens with one attached hydrogen (secondary N) is 1. The minimum atomic E-state index is -0.0231. The number of rotatable bonds is 4. The maximum atomic E-state index is 11.8. The van der Waals surface area contributed by atoms with Gasteiger partial charge in [0.1, 0.15) is 0 Å². The molecule has 0 atom stereocenters. The first kappa shape index (κ1) is 12.4. The fourth-order valence-corrected chi connectivity index (χ4v) is 1.82. The highest BCUT2D eigenvalue weighted by Gasteiger charge is 2.05. The third-order valence-electron chi connectivity index (χ3n) is 2.72. The molecule has 1 aromatic heterocycles. The minimum absolute atomic E-state index is 0.0231. The van der Waals surface area contributed by atoms with E-state index >= 15 is 0 Å². The van der Waals surface area contributed by atoms with Gasteiger partial charge in [0.2, 0.25) is 5.91 Å². The third kappa shape index (κ3) is 3.20.